The predicted octanol–water partition coefficient (Wildman–Crippen LogP) is 9.64. The number of hydrogen-bond acceptors (Lipinski definition) is 4. The Labute approximate surface area is 254 Å². The molecule has 4 nitrogen and oxygen atoms in total. The third kappa shape index (κ3) is 7.01. The summed E-state index contributed by atoms with van der Waals surface area (Å²) in [6.45, 7) is 0. The van der Waals surface area contributed by atoms with Crippen molar-refractivity contribution in [2.75, 3.05) is 0 Å². The van der Waals surface area contributed by atoms with Gasteiger partial charge in [-0.1, -0.05) is 84.9 Å². The molecule has 4 heterocycles. The van der Waals surface area contributed by atoms with Crippen LogP contribution >= 0.6 is 19.4 Å². The Kier molecular flexibility index (Phi) is 10.1. The first-order chi connectivity index (χ1) is 20.3. The minimum Gasteiger partial charge on any atom is -0.255 e. The maximum Gasteiger partial charge on any atom is 0.0970 e. The first kappa shape index (κ1) is 28.5. The molecular weight excluding hydrogens is 636 g/mol. The van der Waals surface area contributed by atoms with E-state index in [9.17, 15) is 0 Å². The van der Waals surface area contributed by atoms with E-state index in [-0.39, 0.29) is 15.1 Å². The van der Waals surface area contributed by atoms with Crippen LogP contribution in [0.3, 0.4) is 0 Å². The van der Waals surface area contributed by atoms with Crippen molar-refractivity contribution in [3.8, 4) is 33.6 Å². The molecule has 3 aromatic carbocycles. The number of benzene rings is 3. The normalized spacial score (nSPS) is 10.3. The van der Waals surface area contributed by atoms with Crippen molar-refractivity contribution in [2.24, 2.45) is 0 Å². The van der Waals surface area contributed by atoms with Crippen LogP contribution in [0, 0.1) is 0 Å². The van der Waals surface area contributed by atoms with Gasteiger partial charge in [-0.15, -0.1) is 0 Å². The van der Waals surface area contributed by atoms with Crippen molar-refractivity contribution in [3.63, 3.8) is 0 Å². The Morgan fingerprint density at radius 1 is 0.390 bits per heavy atom. The molecule has 7 heteroatoms. The summed E-state index contributed by atoms with van der Waals surface area (Å²) >= 11 is -0.346. The molecule has 0 spiro atoms. The summed E-state index contributed by atoms with van der Waals surface area (Å²) in [7, 11) is 9.71. The van der Waals surface area contributed by atoms with Crippen molar-refractivity contribution in [2.45, 2.75) is 0 Å². The van der Waals surface area contributed by atoms with Crippen molar-refractivity contribution in [3.05, 3.63) is 146 Å². The van der Waals surface area contributed by atoms with Crippen molar-refractivity contribution < 1.29 is 15.1 Å². The average Bonchev–Trinajstić information content (AvgIpc) is 3.06. The largest absolute Gasteiger partial charge is 0.255 e. The molecule has 0 aliphatic carbocycles. The molecule has 0 atom stereocenters. The van der Waals surface area contributed by atoms with E-state index in [0.29, 0.717) is 0 Å². The van der Waals surface area contributed by atoms with Crippen molar-refractivity contribution >= 4 is 41.2 Å². The number of rotatable bonds is 3. The molecule has 200 valence electrons. The van der Waals surface area contributed by atoms with E-state index in [2.05, 4.69) is 92.7 Å². The maximum atomic E-state index is 4.85. The molecule has 0 saturated heterocycles. The predicted molar refractivity (Wildman–Crippen MR) is 167 cm³/mol. The van der Waals surface area contributed by atoms with Crippen LogP contribution in [-0.2, 0) is 15.1 Å². The van der Waals surface area contributed by atoms with Gasteiger partial charge >= 0.3 is 34.5 Å². The smallest absolute Gasteiger partial charge is 0.0970 e. The fourth-order valence-corrected chi connectivity index (χ4v) is 4.60. The van der Waals surface area contributed by atoms with E-state index in [1.165, 1.54) is 22.3 Å². The van der Waals surface area contributed by atoms with Crippen LogP contribution in [0.2, 0.25) is 0 Å². The third-order valence-electron chi connectivity index (χ3n) is 6.38. The van der Waals surface area contributed by atoms with Crippen LogP contribution in [0.1, 0.15) is 0 Å². The second-order valence-electron chi connectivity index (χ2n) is 8.79. The van der Waals surface area contributed by atoms with Crippen LogP contribution in [0.4, 0.5) is 0 Å². The summed E-state index contributed by atoms with van der Waals surface area (Å²) in [4.78, 5) is 17.7. The Morgan fingerprint density at radius 3 is 1.15 bits per heavy atom. The zero-order chi connectivity index (χ0) is 28.3. The molecule has 0 radical (unpaired) electrons. The first-order valence-electron chi connectivity index (χ1n) is 12.7. The van der Waals surface area contributed by atoms with Gasteiger partial charge in [0.05, 0.1) is 22.4 Å². The van der Waals surface area contributed by atoms with Gasteiger partial charge in [-0.2, -0.15) is 0 Å². The molecule has 0 unspecified atom stereocenters. The van der Waals surface area contributed by atoms with Gasteiger partial charge in [0, 0.05) is 35.6 Å². The summed E-state index contributed by atoms with van der Waals surface area (Å²) in [5.41, 5.74) is 8.48. The molecule has 0 fully saturated rings. The van der Waals surface area contributed by atoms with E-state index in [4.69, 9.17) is 19.4 Å². The Morgan fingerprint density at radius 2 is 0.780 bits per heavy atom. The summed E-state index contributed by atoms with van der Waals surface area (Å²) < 4.78 is 0. The second kappa shape index (κ2) is 14.6. The summed E-state index contributed by atoms with van der Waals surface area (Å²) in [6.07, 6.45) is 7.29. The van der Waals surface area contributed by atoms with Crippen LogP contribution in [0.15, 0.2) is 146 Å². The molecule has 4 aromatic heterocycles. The Balaban J connectivity index is 0.000000188. The van der Waals surface area contributed by atoms with Gasteiger partial charge in [-0.05, 0) is 58.7 Å². The van der Waals surface area contributed by atoms with E-state index >= 15 is 0 Å². The zero-order valence-electron chi connectivity index (χ0n) is 21.8. The summed E-state index contributed by atoms with van der Waals surface area (Å²) in [5.74, 6) is 0. The van der Waals surface area contributed by atoms with Crippen LogP contribution in [-0.4, -0.2) is 19.9 Å². The first-order valence-corrected chi connectivity index (χ1v) is 17.2. The topological polar surface area (TPSA) is 51.6 Å². The Hall–Kier alpha value is -4.02. The minimum atomic E-state index is -0.346. The maximum absolute atomic E-state index is 4.85. The van der Waals surface area contributed by atoms with Crippen molar-refractivity contribution in [1.82, 2.24) is 19.9 Å². The van der Waals surface area contributed by atoms with Crippen LogP contribution in [0.25, 0.3) is 55.4 Å². The number of halogens is 2. The molecule has 7 rings (SSSR count). The van der Waals surface area contributed by atoms with Crippen molar-refractivity contribution in [1.29, 1.82) is 0 Å². The fraction of sp³-hybridized carbons (Fsp3) is 0. The molecule has 0 N–H and O–H groups in total. The van der Waals surface area contributed by atoms with Gasteiger partial charge in [0.1, 0.15) is 0 Å². The van der Waals surface area contributed by atoms with Gasteiger partial charge in [0.2, 0.25) is 0 Å². The number of pyridine rings is 4. The van der Waals surface area contributed by atoms with Crippen LogP contribution < -0.4 is 0 Å². The molecule has 0 bridgehead atoms. The quantitative estimate of drug-likeness (QED) is 0.140. The summed E-state index contributed by atoms with van der Waals surface area (Å²) in [5, 5.41) is 2.26. The van der Waals surface area contributed by atoms with E-state index in [1.54, 1.807) is 12.4 Å². The number of fused-ring (bicyclic) bond motifs is 3. The molecule has 7 aromatic rings. The van der Waals surface area contributed by atoms with Gasteiger partial charge in [0.15, 0.2) is 0 Å². The SMILES string of the molecule is [Cl][Ru+2][Cl].c1ccc(-c2ccccn2)nc1.c1ccc(-c2ccnc3c2ccc2c(-c4ccccc4)ccnc23)cc1. The second-order valence-corrected chi connectivity index (χ2v) is 11.4. The van der Waals surface area contributed by atoms with E-state index < -0.39 is 0 Å². The standard InChI is InChI=1S/C24H16N2.C10H8N2.2ClH.Ru/c1-3-7-17(8-4-1)19-13-15-25-23-21(19)11-12-22-20(14-16-26-24(22)23)18-9-5-2-6-10-18;1-3-7-11-9(5-1)10-6-2-4-8-12-10;;;/h1-16H;1-8H;2*1H;/q;;;;+4/p-2. The fourth-order valence-electron chi connectivity index (χ4n) is 4.60. The van der Waals surface area contributed by atoms with Gasteiger partial charge in [-0.3, -0.25) is 19.9 Å². The number of hydrogen-bond donors (Lipinski definition) is 0. The van der Waals surface area contributed by atoms with Gasteiger partial charge in [-0.25, -0.2) is 0 Å². The molecule has 41 heavy (non-hydrogen) atoms. The molecular formula is C34H24Cl2N4Ru+2. The van der Waals surface area contributed by atoms with Gasteiger partial charge in [0.25, 0.3) is 0 Å². The van der Waals surface area contributed by atoms with Crippen LogP contribution in [0.5, 0.6) is 0 Å². The zero-order valence-corrected chi connectivity index (χ0v) is 25.0. The minimum absolute atomic E-state index is 0.346. The van der Waals surface area contributed by atoms with Gasteiger partial charge < -0.3 is 0 Å². The number of aromatic nitrogens is 4. The number of nitrogens with zero attached hydrogens (tertiary/aromatic N) is 4. The molecule has 0 amide bonds. The monoisotopic (exact) mass is 660 g/mol. The molecule has 0 aliphatic rings. The average molecular weight is 661 g/mol. The van der Waals surface area contributed by atoms with E-state index in [0.717, 1.165) is 33.2 Å². The third-order valence-corrected chi connectivity index (χ3v) is 6.38. The summed E-state index contributed by atoms with van der Waals surface area (Å²) in [6, 6.07) is 40.9. The van der Waals surface area contributed by atoms with E-state index in [1.807, 2.05) is 60.9 Å². The molecule has 0 aliphatic heterocycles. The Bertz CT molecular complexity index is 1690. The molecule has 0 saturated carbocycles.